The molecule has 24 heavy (non-hydrogen) atoms. The lowest BCUT2D eigenvalue weighted by atomic mass is 10.0. The van der Waals surface area contributed by atoms with Gasteiger partial charge < -0.3 is 4.74 Å². The van der Waals surface area contributed by atoms with E-state index in [2.05, 4.69) is 18.2 Å². The van der Waals surface area contributed by atoms with Crippen LogP contribution >= 0.6 is 23.2 Å². The minimum absolute atomic E-state index is 0.431. The summed E-state index contributed by atoms with van der Waals surface area (Å²) in [6.45, 7) is 5.59. The average Bonchev–Trinajstić information content (AvgIpc) is 2.55. The van der Waals surface area contributed by atoms with Gasteiger partial charge in [-0.1, -0.05) is 120 Å². The van der Waals surface area contributed by atoms with Gasteiger partial charge in [0.1, 0.15) is 0 Å². The van der Waals surface area contributed by atoms with E-state index >= 15 is 0 Å². The van der Waals surface area contributed by atoms with Crippen LogP contribution in [-0.4, -0.2) is 10.3 Å². The summed E-state index contributed by atoms with van der Waals surface area (Å²) in [7, 11) is 0. The topological polar surface area (TPSA) is 26.3 Å². The van der Waals surface area contributed by atoms with Gasteiger partial charge in [-0.05, 0) is 12.8 Å². The van der Waals surface area contributed by atoms with Crippen molar-refractivity contribution in [1.82, 2.24) is 0 Å². The fourth-order valence-corrected chi connectivity index (χ4v) is 3.16. The summed E-state index contributed by atoms with van der Waals surface area (Å²) in [4.78, 5) is 11.5. The van der Waals surface area contributed by atoms with Gasteiger partial charge in [0.15, 0.2) is 0 Å². The minimum Gasteiger partial charge on any atom is -0.433 e. The second-order valence-electron chi connectivity index (χ2n) is 6.62. The van der Waals surface area contributed by atoms with E-state index in [1.54, 1.807) is 0 Å². The van der Waals surface area contributed by atoms with E-state index in [9.17, 15) is 4.79 Å². The van der Waals surface area contributed by atoms with Crippen molar-refractivity contribution < 1.29 is 9.53 Å². The number of carbonyl (C=O) groups is 1. The largest absolute Gasteiger partial charge is 0.433 e. The number of esters is 1. The molecular formula is C20H36Cl2O2. The smallest absolute Gasteiger partial charge is 0.347 e. The van der Waals surface area contributed by atoms with E-state index in [1.807, 2.05) is 0 Å². The lowest BCUT2D eigenvalue weighted by molar-refractivity contribution is -0.138. The molecule has 0 spiro atoms. The van der Waals surface area contributed by atoms with Crippen LogP contribution in [0.1, 0.15) is 103 Å². The first-order valence-corrected chi connectivity index (χ1v) is 10.5. The monoisotopic (exact) mass is 378 g/mol. The fourth-order valence-electron chi connectivity index (χ4n) is 2.81. The van der Waals surface area contributed by atoms with E-state index in [-0.39, 0.29) is 0 Å². The summed E-state index contributed by atoms with van der Waals surface area (Å²) in [5.74, 6) is -0.629. The standard InChI is InChI=1S/C20H36Cl2O2/c1-3-5-6-7-8-9-10-11-12-13-14-15-16-17-18-20(21,22)19(23)24-4-2/h4H,2-3,5-18H2,1H3. The Morgan fingerprint density at radius 2 is 1.21 bits per heavy atom. The molecule has 0 atom stereocenters. The summed E-state index contributed by atoms with van der Waals surface area (Å²) in [5, 5.41) is 0. The Bertz CT molecular complexity index is 317. The second kappa shape index (κ2) is 16.3. The zero-order chi connectivity index (χ0) is 18.1. The number of rotatable bonds is 17. The Kier molecular flexibility index (Phi) is 16.1. The second-order valence-corrected chi connectivity index (χ2v) is 8.11. The Labute approximate surface area is 159 Å². The number of carbonyl (C=O) groups excluding carboxylic acids is 1. The van der Waals surface area contributed by atoms with Crippen molar-refractivity contribution in [1.29, 1.82) is 0 Å². The van der Waals surface area contributed by atoms with Crippen LogP contribution in [0.2, 0.25) is 0 Å². The predicted molar refractivity (Wildman–Crippen MR) is 106 cm³/mol. The number of alkyl halides is 2. The lowest BCUT2D eigenvalue weighted by Crippen LogP contribution is -2.26. The molecule has 0 aromatic carbocycles. The van der Waals surface area contributed by atoms with E-state index in [0.717, 1.165) is 19.1 Å². The van der Waals surface area contributed by atoms with Gasteiger partial charge in [-0.3, -0.25) is 0 Å². The molecule has 0 amide bonds. The molecule has 142 valence electrons. The highest BCUT2D eigenvalue weighted by Crippen LogP contribution is 2.29. The first-order chi connectivity index (χ1) is 11.5. The van der Waals surface area contributed by atoms with Crippen LogP contribution < -0.4 is 0 Å². The van der Waals surface area contributed by atoms with Crippen molar-refractivity contribution in [2.24, 2.45) is 0 Å². The number of ether oxygens (including phenoxy) is 1. The van der Waals surface area contributed by atoms with Gasteiger partial charge in [0.25, 0.3) is 0 Å². The third kappa shape index (κ3) is 14.2. The molecule has 0 unspecified atom stereocenters. The molecule has 0 fully saturated rings. The van der Waals surface area contributed by atoms with Gasteiger partial charge in [-0.25, -0.2) is 4.79 Å². The summed E-state index contributed by atoms with van der Waals surface area (Å²) < 4.78 is 3.20. The number of halogens is 2. The average molecular weight is 379 g/mol. The van der Waals surface area contributed by atoms with Gasteiger partial charge in [0, 0.05) is 0 Å². The van der Waals surface area contributed by atoms with E-state index in [1.165, 1.54) is 77.0 Å². The molecule has 4 heteroatoms. The van der Waals surface area contributed by atoms with Crippen molar-refractivity contribution in [2.45, 2.75) is 108 Å². The first kappa shape index (κ1) is 23.8. The zero-order valence-electron chi connectivity index (χ0n) is 15.5. The maximum absolute atomic E-state index is 11.5. The van der Waals surface area contributed by atoms with E-state index < -0.39 is 10.3 Å². The maximum atomic E-state index is 11.5. The van der Waals surface area contributed by atoms with Crippen LogP contribution in [0.15, 0.2) is 12.8 Å². The van der Waals surface area contributed by atoms with E-state index in [0.29, 0.717) is 6.42 Å². The molecule has 0 aliphatic carbocycles. The number of unbranched alkanes of at least 4 members (excludes halogenated alkanes) is 13. The minimum atomic E-state index is -1.44. The molecule has 0 heterocycles. The molecule has 0 radical (unpaired) electrons. The summed E-state index contributed by atoms with van der Waals surface area (Å²) in [6.07, 6.45) is 19.6. The third-order valence-electron chi connectivity index (χ3n) is 4.33. The fraction of sp³-hybridized carbons (Fsp3) is 0.850. The quantitative estimate of drug-likeness (QED) is 0.112. The summed E-state index contributed by atoms with van der Waals surface area (Å²) >= 11 is 11.9. The molecular weight excluding hydrogens is 343 g/mol. The molecule has 0 aromatic rings. The van der Waals surface area contributed by atoms with Crippen LogP contribution in [0.4, 0.5) is 0 Å². The molecule has 0 rings (SSSR count). The van der Waals surface area contributed by atoms with Crippen molar-refractivity contribution in [3.8, 4) is 0 Å². The highest BCUT2D eigenvalue weighted by Gasteiger charge is 2.34. The molecule has 0 N–H and O–H groups in total. The zero-order valence-corrected chi connectivity index (χ0v) is 17.0. The Morgan fingerprint density at radius 3 is 1.58 bits per heavy atom. The lowest BCUT2D eigenvalue weighted by Gasteiger charge is -2.16. The molecule has 0 saturated heterocycles. The molecule has 0 aliphatic heterocycles. The van der Waals surface area contributed by atoms with Crippen LogP contribution in [0.5, 0.6) is 0 Å². The highest BCUT2D eigenvalue weighted by atomic mass is 35.5. The molecule has 0 bridgehead atoms. The van der Waals surface area contributed by atoms with E-state index in [4.69, 9.17) is 23.2 Å². The van der Waals surface area contributed by atoms with Crippen molar-refractivity contribution in [3.63, 3.8) is 0 Å². The Morgan fingerprint density at radius 1 is 0.833 bits per heavy atom. The van der Waals surface area contributed by atoms with Gasteiger partial charge in [0.05, 0.1) is 6.26 Å². The predicted octanol–water partition coefficient (Wildman–Crippen LogP) is 7.72. The van der Waals surface area contributed by atoms with Crippen molar-refractivity contribution in [3.05, 3.63) is 12.8 Å². The Balaban J connectivity index is 3.31. The maximum Gasteiger partial charge on any atom is 0.347 e. The van der Waals surface area contributed by atoms with Crippen LogP contribution in [0.25, 0.3) is 0 Å². The summed E-state index contributed by atoms with van der Waals surface area (Å²) in [6, 6.07) is 0. The van der Waals surface area contributed by atoms with Crippen LogP contribution in [0, 0.1) is 0 Å². The SMILES string of the molecule is C=COC(=O)C(Cl)(Cl)CCCCCCCCCCCCCCCC. The molecule has 0 saturated carbocycles. The normalized spacial score (nSPS) is 11.5. The summed E-state index contributed by atoms with van der Waals surface area (Å²) in [5.41, 5.74) is 0. The first-order valence-electron chi connectivity index (χ1n) is 9.74. The van der Waals surface area contributed by atoms with Crippen LogP contribution in [-0.2, 0) is 9.53 Å². The van der Waals surface area contributed by atoms with Gasteiger partial charge in [-0.15, -0.1) is 0 Å². The third-order valence-corrected chi connectivity index (χ3v) is 5.02. The van der Waals surface area contributed by atoms with Gasteiger partial charge >= 0.3 is 5.97 Å². The van der Waals surface area contributed by atoms with Crippen molar-refractivity contribution >= 4 is 29.2 Å². The van der Waals surface area contributed by atoms with Crippen molar-refractivity contribution in [2.75, 3.05) is 0 Å². The number of hydrogen-bond donors (Lipinski definition) is 0. The van der Waals surface area contributed by atoms with Gasteiger partial charge in [0.2, 0.25) is 4.33 Å². The van der Waals surface area contributed by atoms with Gasteiger partial charge in [-0.2, -0.15) is 0 Å². The number of hydrogen-bond acceptors (Lipinski definition) is 2. The Hall–Kier alpha value is -0.210. The molecule has 2 nitrogen and oxygen atoms in total. The molecule has 0 aliphatic rings. The molecule has 0 aromatic heterocycles. The van der Waals surface area contributed by atoms with Crippen LogP contribution in [0.3, 0.4) is 0 Å². The highest BCUT2D eigenvalue weighted by molar-refractivity contribution is 6.57.